The van der Waals surface area contributed by atoms with Crippen LogP contribution in [0.2, 0.25) is 0 Å². The molecule has 2 rings (SSSR count). The lowest BCUT2D eigenvalue weighted by Gasteiger charge is -2.29. The Bertz CT molecular complexity index is 347. The van der Waals surface area contributed by atoms with E-state index in [-0.39, 0.29) is 0 Å². The maximum absolute atomic E-state index is 5.15. The normalized spacial score (nSPS) is 20.5. The Morgan fingerprint density at radius 3 is 2.89 bits per heavy atom. The van der Waals surface area contributed by atoms with Crippen molar-refractivity contribution in [2.45, 2.75) is 52.1 Å². The van der Waals surface area contributed by atoms with Crippen LogP contribution in [0.3, 0.4) is 0 Å². The number of rotatable bonds is 6. The molecule has 1 aliphatic heterocycles. The van der Waals surface area contributed by atoms with Gasteiger partial charge in [-0.15, -0.1) is 0 Å². The predicted octanol–water partition coefficient (Wildman–Crippen LogP) is 1.60. The van der Waals surface area contributed by atoms with Crippen LogP contribution in [-0.2, 0) is 13.0 Å². The first-order valence-corrected chi connectivity index (χ1v) is 7.09. The van der Waals surface area contributed by atoms with E-state index in [0.29, 0.717) is 6.04 Å². The molecule has 0 bridgehead atoms. The van der Waals surface area contributed by atoms with Gasteiger partial charge in [-0.3, -0.25) is 4.90 Å². The zero-order valence-corrected chi connectivity index (χ0v) is 11.5. The summed E-state index contributed by atoms with van der Waals surface area (Å²) in [5.41, 5.74) is 0. The summed E-state index contributed by atoms with van der Waals surface area (Å²) in [4.78, 5) is 6.75. The number of piperidine rings is 1. The van der Waals surface area contributed by atoms with Crippen LogP contribution in [0.1, 0.15) is 44.8 Å². The third kappa shape index (κ3) is 3.78. The topological polar surface area (TPSA) is 54.2 Å². The Morgan fingerprint density at radius 2 is 2.28 bits per heavy atom. The summed E-state index contributed by atoms with van der Waals surface area (Å²) in [6, 6.07) is 0.622. The second-order valence-corrected chi connectivity index (χ2v) is 4.93. The van der Waals surface area contributed by atoms with Crippen LogP contribution in [-0.4, -0.2) is 40.7 Å². The number of likely N-dealkylation sites (N-methyl/N-ethyl adjacent to an activating group) is 1. The van der Waals surface area contributed by atoms with Crippen molar-refractivity contribution in [1.29, 1.82) is 0 Å². The molecule has 1 aromatic heterocycles. The first-order valence-electron chi connectivity index (χ1n) is 7.09. The lowest BCUT2D eigenvalue weighted by Crippen LogP contribution is -2.43. The summed E-state index contributed by atoms with van der Waals surface area (Å²) >= 11 is 0. The molecule has 18 heavy (non-hydrogen) atoms. The Kier molecular flexibility index (Phi) is 5.13. The highest BCUT2D eigenvalue weighted by Gasteiger charge is 2.17. The molecule has 0 aliphatic carbocycles. The van der Waals surface area contributed by atoms with Gasteiger partial charge in [-0.1, -0.05) is 25.4 Å². The van der Waals surface area contributed by atoms with Crippen molar-refractivity contribution in [1.82, 2.24) is 20.4 Å². The van der Waals surface area contributed by atoms with Gasteiger partial charge in [-0.05, 0) is 25.9 Å². The van der Waals surface area contributed by atoms with E-state index >= 15 is 0 Å². The number of aryl methyl sites for hydroxylation is 1. The molecule has 0 spiro atoms. The predicted molar refractivity (Wildman–Crippen MR) is 70.3 cm³/mol. The zero-order chi connectivity index (χ0) is 12.8. The van der Waals surface area contributed by atoms with Gasteiger partial charge in [0.05, 0.1) is 6.54 Å². The van der Waals surface area contributed by atoms with Crippen LogP contribution in [0.25, 0.3) is 0 Å². The first-order chi connectivity index (χ1) is 8.81. The molecule has 0 amide bonds. The van der Waals surface area contributed by atoms with Gasteiger partial charge in [0.2, 0.25) is 5.89 Å². The lowest BCUT2D eigenvalue weighted by atomic mass is 10.0. The first kappa shape index (κ1) is 13.5. The summed E-state index contributed by atoms with van der Waals surface area (Å²) in [5, 5.41) is 7.60. The maximum Gasteiger partial charge on any atom is 0.226 e. The molecule has 1 N–H and O–H groups in total. The lowest BCUT2D eigenvalue weighted by molar-refractivity contribution is 0.219. The number of nitrogens with zero attached hydrogens (tertiary/aromatic N) is 3. The van der Waals surface area contributed by atoms with Crippen LogP contribution in [0.15, 0.2) is 4.52 Å². The summed E-state index contributed by atoms with van der Waals surface area (Å²) < 4.78 is 5.15. The average molecular weight is 252 g/mol. The highest BCUT2D eigenvalue weighted by atomic mass is 16.5. The van der Waals surface area contributed by atoms with Gasteiger partial charge in [0.1, 0.15) is 0 Å². The number of hydrogen-bond acceptors (Lipinski definition) is 5. The minimum absolute atomic E-state index is 0.622. The van der Waals surface area contributed by atoms with E-state index in [1.807, 2.05) is 6.92 Å². The second-order valence-electron chi connectivity index (χ2n) is 4.93. The van der Waals surface area contributed by atoms with Crippen LogP contribution >= 0.6 is 0 Å². The third-order valence-electron chi connectivity index (χ3n) is 3.52. The molecule has 0 radical (unpaired) electrons. The third-order valence-corrected chi connectivity index (χ3v) is 3.52. The fourth-order valence-corrected chi connectivity index (χ4v) is 2.39. The summed E-state index contributed by atoms with van der Waals surface area (Å²) in [5.74, 6) is 1.54. The molecular weight excluding hydrogens is 228 g/mol. The van der Waals surface area contributed by atoms with E-state index in [1.165, 1.54) is 19.3 Å². The molecule has 2 heterocycles. The minimum Gasteiger partial charge on any atom is -0.339 e. The van der Waals surface area contributed by atoms with Gasteiger partial charge in [0.15, 0.2) is 5.82 Å². The largest absolute Gasteiger partial charge is 0.339 e. The molecule has 1 aromatic rings. The van der Waals surface area contributed by atoms with Crippen molar-refractivity contribution in [3.8, 4) is 0 Å². The van der Waals surface area contributed by atoms with E-state index in [0.717, 1.165) is 44.3 Å². The highest BCUT2D eigenvalue weighted by Crippen LogP contribution is 2.10. The van der Waals surface area contributed by atoms with Crippen molar-refractivity contribution in [2.75, 3.05) is 19.6 Å². The number of hydrogen-bond donors (Lipinski definition) is 1. The second kappa shape index (κ2) is 6.85. The minimum atomic E-state index is 0.622. The fraction of sp³-hybridized carbons (Fsp3) is 0.846. The average Bonchev–Trinajstić information content (AvgIpc) is 2.87. The molecule has 102 valence electrons. The fourth-order valence-electron chi connectivity index (χ4n) is 2.39. The maximum atomic E-state index is 5.15. The van der Waals surface area contributed by atoms with E-state index < -0.39 is 0 Å². The van der Waals surface area contributed by atoms with E-state index in [9.17, 15) is 0 Å². The molecule has 1 unspecified atom stereocenters. The van der Waals surface area contributed by atoms with Crippen LogP contribution < -0.4 is 5.32 Å². The summed E-state index contributed by atoms with van der Waals surface area (Å²) in [7, 11) is 0. The van der Waals surface area contributed by atoms with Gasteiger partial charge in [-0.25, -0.2) is 0 Å². The SMILES string of the molecule is CCc1nc(CN(CC)CC2CCCCN2)no1. The number of aromatic nitrogens is 2. The molecule has 0 saturated carbocycles. The van der Waals surface area contributed by atoms with Gasteiger partial charge in [0.25, 0.3) is 0 Å². The van der Waals surface area contributed by atoms with Crippen LogP contribution in [0.4, 0.5) is 0 Å². The Labute approximate surface area is 109 Å². The van der Waals surface area contributed by atoms with Gasteiger partial charge < -0.3 is 9.84 Å². The Balaban J connectivity index is 1.84. The van der Waals surface area contributed by atoms with E-state index in [4.69, 9.17) is 4.52 Å². The van der Waals surface area contributed by atoms with Crippen LogP contribution in [0, 0.1) is 0 Å². The number of nitrogens with one attached hydrogen (secondary N) is 1. The van der Waals surface area contributed by atoms with Crippen LogP contribution in [0.5, 0.6) is 0 Å². The molecule has 0 aromatic carbocycles. The van der Waals surface area contributed by atoms with Crippen molar-refractivity contribution in [3.63, 3.8) is 0 Å². The van der Waals surface area contributed by atoms with Crippen molar-refractivity contribution in [3.05, 3.63) is 11.7 Å². The summed E-state index contributed by atoms with van der Waals surface area (Å²) in [6.07, 6.45) is 4.75. The monoisotopic (exact) mass is 252 g/mol. The van der Waals surface area contributed by atoms with E-state index in [1.54, 1.807) is 0 Å². The van der Waals surface area contributed by atoms with Gasteiger partial charge in [-0.2, -0.15) is 4.98 Å². The van der Waals surface area contributed by atoms with Crippen molar-refractivity contribution < 1.29 is 4.52 Å². The van der Waals surface area contributed by atoms with Crippen molar-refractivity contribution in [2.24, 2.45) is 0 Å². The quantitative estimate of drug-likeness (QED) is 0.833. The smallest absolute Gasteiger partial charge is 0.226 e. The van der Waals surface area contributed by atoms with Gasteiger partial charge >= 0.3 is 0 Å². The van der Waals surface area contributed by atoms with E-state index in [2.05, 4.69) is 27.3 Å². The van der Waals surface area contributed by atoms with Crippen molar-refractivity contribution >= 4 is 0 Å². The zero-order valence-electron chi connectivity index (χ0n) is 11.5. The molecule has 1 atom stereocenters. The molecule has 5 heteroatoms. The standard InChI is InChI=1S/C13H24N4O/c1-3-13-15-12(16-18-13)10-17(4-2)9-11-7-5-6-8-14-11/h11,14H,3-10H2,1-2H3. The molecule has 1 saturated heterocycles. The molecular formula is C13H24N4O. The van der Waals surface area contributed by atoms with Gasteiger partial charge in [0, 0.05) is 19.0 Å². The molecule has 1 fully saturated rings. The Hall–Kier alpha value is -0.940. The molecule has 5 nitrogen and oxygen atoms in total. The summed E-state index contributed by atoms with van der Waals surface area (Å²) in [6.45, 7) is 8.26. The highest BCUT2D eigenvalue weighted by molar-refractivity contribution is 4.87. The Morgan fingerprint density at radius 1 is 1.39 bits per heavy atom. The molecule has 1 aliphatic rings.